The number of nitrogens with two attached hydrogens (primary N) is 1. The van der Waals surface area contributed by atoms with Crippen LogP contribution in [0.2, 0.25) is 5.02 Å². The molecule has 0 radical (unpaired) electrons. The monoisotopic (exact) mass is 285 g/mol. The summed E-state index contributed by atoms with van der Waals surface area (Å²) in [6, 6.07) is 13.1. The first-order valence-electron chi connectivity index (χ1n) is 6.06. The number of rotatable bonds is 2. The van der Waals surface area contributed by atoms with Gasteiger partial charge in [0.25, 0.3) is 0 Å². The minimum absolute atomic E-state index is 0.591. The van der Waals surface area contributed by atoms with Crippen molar-refractivity contribution >= 4 is 17.3 Å². The van der Waals surface area contributed by atoms with Crippen LogP contribution in [0, 0.1) is 6.92 Å². The number of nitrogens with zero attached hydrogens (tertiary/aromatic N) is 4. The van der Waals surface area contributed by atoms with E-state index in [1.54, 1.807) is 4.68 Å². The van der Waals surface area contributed by atoms with Crippen molar-refractivity contribution in [2.75, 3.05) is 5.73 Å². The number of hydrogen-bond acceptors (Lipinski definition) is 4. The Morgan fingerprint density at radius 1 is 1.15 bits per heavy atom. The Bertz CT molecular complexity index is 766. The summed E-state index contributed by atoms with van der Waals surface area (Å²) >= 11 is 6.24. The Morgan fingerprint density at radius 2 is 2.00 bits per heavy atom. The second-order valence-electron chi connectivity index (χ2n) is 4.49. The van der Waals surface area contributed by atoms with Crippen LogP contribution < -0.4 is 5.73 Å². The molecule has 0 bridgehead atoms. The van der Waals surface area contributed by atoms with Crippen LogP contribution in [0.15, 0.2) is 42.5 Å². The third-order valence-corrected chi connectivity index (χ3v) is 3.26. The maximum atomic E-state index is 6.24. The molecule has 0 aliphatic rings. The fourth-order valence-corrected chi connectivity index (χ4v) is 2.19. The van der Waals surface area contributed by atoms with E-state index in [1.807, 2.05) is 49.4 Å². The molecule has 100 valence electrons. The van der Waals surface area contributed by atoms with E-state index in [2.05, 4.69) is 15.5 Å². The number of tetrazole rings is 1. The summed E-state index contributed by atoms with van der Waals surface area (Å²) in [4.78, 5) is 0. The lowest BCUT2D eigenvalue weighted by Gasteiger charge is -2.08. The molecule has 0 amide bonds. The van der Waals surface area contributed by atoms with Crippen molar-refractivity contribution in [3.63, 3.8) is 0 Å². The molecular formula is C14H12ClN5. The first-order valence-corrected chi connectivity index (χ1v) is 6.44. The molecular weight excluding hydrogens is 274 g/mol. The Labute approximate surface area is 121 Å². The van der Waals surface area contributed by atoms with Gasteiger partial charge in [0.05, 0.1) is 10.7 Å². The van der Waals surface area contributed by atoms with Crippen LogP contribution in [0.25, 0.3) is 17.1 Å². The number of halogens is 1. The maximum Gasteiger partial charge on any atom is 0.187 e. The maximum absolute atomic E-state index is 6.24. The molecule has 20 heavy (non-hydrogen) atoms. The Balaban J connectivity index is 2.18. The molecule has 1 aromatic heterocycles. The second-order valence-corrected chi connectivity index (χ2v) is 4.90. The summed E-state index contributed by atoms with van der Waals surface area (Å²) in [5.74, 6) is 0.602. The van der Waals surface area contributed by atoms with Crippen molar-refractivity contribution in [2.24, 2.45) is 0 Å². The smallest absolute Gasteiger partial charge is 0.187 e. The number of anilines is 1. The predicted molar refractivity (Wildman–Crippen MR) is 78.7 cm³/mol. The van der Waals surface area contributed by atoms with Crippen LogP contribution in [0.1, 0.15) is 5.56 Å². The van der Waals surface area contributed by atoms with Gasteiger partial charge in [0.2, 0.25) is 0 Å². The van der Waals surface area contributed by atoms with Crippen molar-refractivity contribution in [3.05, 3.63) is 53.1 Å². The SMILES string of the molecule is Cc1ccc(Cl)c(-n2nnnc2-c2cccc(N)c2)c1. The standard InChI is InChI=1S/C14H12ClN5/c1-9-5-6-12(15)13(7-9)20-14(17-18-19-20)10-3-2-4-11(16)8-10/h2-8H,16H2,1H3. The molecule has 0 saturated heterocycles. The van der Waals surface area contributed by atoms with Crippen molar-refractivity contribution in [3.8, 4) is 17.1 Å². The fourth-order valence-electron chi connectivity index (χ4n) is 1.99. The molecule has 2 aromatic carbocycles. The van der Waals surface area contributed by atoms with Gasteiger partial charge in [-0.3, -0.25) is 0 Å². The number of benzene rings is 2. The van der Waals surface area contributed by atoms with Crippen molar-refractivity contribution in [1.29, 1.82) is 0 Å². The molecule has 0 atom stereocenters. The lowest BCUT2D eigenvalue weighted by Crippen LogP contribution is -2.01. The van der Waals surface area contributed by atoms with Crippen molar-refractivity contribution in [1.82, 2.24) is 20.2 Å². The molecule has 3 aromatic rings. The minimum atomic E-state index is 0.591. The van der Waals surface area contributed by atoms with Gasteiger partial charge in [-0.2, -0.15) is 4.68 Å². The quantitative estimate of drug-likeness (QED) is 0.735. The van der Waals surface area contributed by atoms with Crippen LogP contribution in [0.4, 0.5) is 5.69 Å². The molecule has 5 nitrogen and oxygen atoms in total. The molecule has 0 saturated carbocycles. The summed E-state index contributed by atoms with van der Waals surface area (Å²) in [6.07, 6.45) is 0. The molecule has 1 heterocycles. The molecule has 0 spiro atoms. The number of nitrogen functional groups attached to an aromatic ring is 1. The molecule has 2 N–H and O–H groups in total. The summed E-state index contributed by atoms with van der Waals surface area (Å²) < 4.78 is 1.62. The zero-order chi connectivity index (χ0) is 14.1. The third kappa shape index (κ3) is 2.23. The average Bonchev–Trinajstić information content (AvgIpc) is 2.90. The van der Waals surface area contributed by atoms with Gasteiger partial charge >= 0.3 is 0 Å². The average molecular weight is 286 g/mol. The lowest BCUT2D eigenvalue weighted by atomic mass is 10.2. The Hall–Kier alpha value is -2.40. The van der Waals surface area contributed by atoms with Crippen molar-refractivity contribution < 1.29 is 0 Å². The highest BCUT2D eigenvalue weighted by Gasteiger charge is 2.13. The Kier molecular flexibility index (Phi) is 3.12. The highest BCUT2D eigenvalue weighted by atomic mass is 35.5. The van der Waals surface area contributed by atoms with Gasteiger partial charge in [-0.05, 0) is 47.2 Å². The zero-order valence-corrected chi connectivity index (χ0v) is 11.5. The topological polar surface area (TPSA) is 69.6 Å². The summed E-state index contributed by atoms with van der Waals surface area (Å²) in [5.41, 5.74) is 9.13. The molecule has 0 aliphatic heterocycles. The molecule has 0 fully saturated rings. The summed E-state index contributed by atoms with van der Waals surface area (Å²) in [5, 5.41) is 12.4. The second kappa shape index (κ2) is 4.94. The van der Waals surface area contributed by atoms with Crippen LogP contribution in [0.5, 0.6) is 0 Å². The largest absolute Gasteiger partial charge is 0.399 e. The van der Waals surface area contributed by atoms with Gasteiger partial charge in [0, 0.05) is 11.3 Å². The van der Waals surface area contributed by atoms with Gasteiger partial charge in [-0.1, -0.05) is 29.8 Å². The fraction of sp³-hybridized carbons (Fsp3) is 0.0714. The van der Waals surface area contributed by atoms with E-state index in [4.69, 9.17) is 17.3 Å². The highest BCUT2D eigenvalue weighted by molar-refractivity contribution is 6.32. The molecule has 0 unspecified atom stereocenters. The first kappa shape index (κ1) is 12.6. The van der Waals surface area contributed by atoms with E-state index in [0.29, 0.717) is 16.5 Å². The Morgan fingerprint density at radius 3 is 2.80 bits per heavy atom. The number of aryl methyl sites for hydroxylation is 1. The number of aromatic nitrogens is 4. The van der Waals surface area contributed by atoms with E-state index in [9.17, 15) is 0 Å². The van der Waals surface area contributed by atoms with Crippen LogP contribution in [-0.4, -0.2) is 20.2 Å². The van der Waals surface area contributed by atoms with E-state index < -0.39 is 0 Å². The zero-order valence-electron chi connectivity index (χ0n) is 10.8. The van der Waals surface area contributed by atoms with Gasteiger partial charge in [-0.25, -0.2) is 0 Å². The summed E-state index contributed by atoms with van der Waals surface area (Å²) in [7, 11) is 0. The van der Waals surface area contributed by atoms with Gasteiger partial charge in [-0.15, -0.1) is 5.10 Å². The lowest BCUT2D eigenvalue weighted by molar-refractivity contribution is 0.791. The normalized spacial score (nSPS) is 10.7. The van der Waals surface area contributed by atoms with E-state index >= 15 is 0 Å². The van der Waals surface area contributed by atoms with E-state index in [0.717, 1.165) is 16.8 Å². The minimum Gasteiger partial charge on any atom is -0.399 e. The first-order chi connectivity index (χ1) is 9.65. The van der Waals surface area contributed by atoms with E-state index in [1.165, 1.54) is 0 Å². The summed E-state index contributed by atoms with van der Waals surface area (Å²) in [6.45, 7) is 1.99. The van der Waals surface area contributed by atoms with Gasteiger partial charge in [0.1, 0.15) is 0 Å². The van der Waals surface area contributed by atoms with Gasteiger partial charge < -0.3 is 5.73 Å². The third-order valence-electron chi connectivity index (χ3n) is 2.94. The van der Waals surface area contributed by atoms with E-state index in [-0.39, 0.29) is 0 Å². The molecule has 6 heteroatoms. The predicted octanol–water partition coefficient (Wildman–Crippen LogP) is 2.87. The van der Waals surface area contributed by atoms with Crippen LogP contribution >= 0.6 is 11.6 Å². The molecule has 0 aliphatic carbocycles. The van der Waals surface area contributed by atoms with Crippen molar-refractivity contribution in [2.45, 2.75) is 6.92 Å². The highest BCUT2D eigenvalue weighted by Crippen LogP contribution is 2.26. The van der Waals surface area contributed by atoms with Crippen LogP contribution in [0.3, 0.4) is 0 Å². The molecule has 3 rings (SSSR count). The van der Waals surface area contributed by atoms with Crippen LogP contribution in [-0.2, 0) is 0 Å². The number of hydrogen-bond donors (Lipinski definition) is 1. The van der Waals surface area contributed by atoms with Gasteiger partial charge in [0.15, 0.2) is 5.82 Å².